The third-order valence-corrected chi connectivity index (χ3v) is 5.24. The molecular formula is C12H13ClO5S. The van der Waals surface area contributed by atoms with Crippen molar-refractivity contribution in [2.45, 2.75) is 29.9 Å². The summed E-state index contributed by atoms with van der Waals surface area (Å²) in [6.07, 6.45) is -0.757. The minimum absolute atomic E-state index is 0.0547. The number of aliphatic carboxylic acids is 1. The number of sulfone groups is 1. The van der Waals surface area contributed by atoms with Crippen LogP contribution >= 0.6 is 11.6 Å². The summed E-state index contributed by atoms with van der Waals surface area (Å²) in [6, 6.07) is 6.17. The van der Waals surface area contributed by atoms with Gasteiger partial charge in [0.25, 0.3) is 0 Å². The fourth-order valence-corrected chi connectivity index (χ4v) is 4.10. The number of hydrogen-bond donors (Lipinski definition) is 1. The minimum atomic E-state index is -3.57. The first-order valence-corrected chi connectivity index (χ1v) is 7.79. The van der Waals surface area contributed by atoms with E-state index in [4.69, 9.17) is 21.4 Å². The van der Waals surface area contributed by atoms with Gasteiger partial charge in [-0.25, -0.2) is 13.2 Å². The molecule has 1 aromatic rings. The molecule has 19 heavy (non-hydrogen) atoms. The summed E-state index contributed by atoms with van der Waals surface area (Å²) in [5, 5.41) is 8.96. The molecule has 2 unspecified atom stereocenters. The quantitative estimate of drug-likeness (QED) is 0.916. The van der Waals surface area contributed by atoms with E-state index in [1.807, 2.05) is 0 Å². The van der Waals surface area contributed by atoms with Crippen molar-refractivity contribution in [3.05, 3.63) is 29.3 Å². The lowest BCUT2D eigenvalue weighted by molar-refractivity contribution is -0.148. The Morgan fingerprint density at radius 2 is 2.05 bits per heavy atom. The minimum Gasteiger partial charge on any atom is -0.479 e. The summed E-state index contributed by atoms with van der Waals surface area (Å²) < 4.78 is 29.5. The monoisotopic (exact) mass is 304 g/mol. The van der Waals surface area contributed by atoms with Crippen molar-refractivity contribution in [1.29, 1.82) is 0 Å². The van der Waals surface area contributed by atoms with Crippen LogP contribution in [0.4, 0.5) is 0 Å². The summed E-state index contributed by atoms with van der Waals surface area (Å²) in [7, 11) is -3.57. The Bertz CT molecular complexity index is 584. The Kier molecular flexibility index (Phi) is 4.13. The maximum atomic E-state index is 12.2. The fourth-order valence-electron chi connectivity index (χ4n) is 2.04. The maximum absolute atomic E-state index is 12.2. The lowest BCUT2D eigenvalue weighted by atomic mass is 10.2. The first kappa shape index (κ1) is 14.3. The largest absolute Gasteiger partial charge is 0.479 e. The lowest BCUT2D eigenvalue weighted by Gasteiger charge is -2.12. The Hall–Kier alpha value is -1.11. The van der Waals surface area contributed by atoms with Gasteiger partial charge in [-0.15, -0.1) is 0 Å². The highest BCUT2D eigenvalue weighted by atomic mass is 35.5. The van der Waals surface area contributed by atoms with Gasteiger partial charge in [0.1, 0.15) is 0 Å². The van der Waals surface area contributed by atoms with Crippen LogP contribution in [0.15, 0.2) is 29.2 Å². The van der Waals surface area contributed by atoms with E-state index in [1.54, 1.807) is 12.1 Å². The van der Waals surface area contributed by atoms with E-state index >= 15 is 0 Å². The SMILES string of the molecule is O=C(O)C1CCC(CS(=O)(=O)c2ccccc2Cl)O1. The van der Waals surface area contributed by atoms with Crippen LogP contribution in [0.3, 0.4) is 0 Å². The first-order chi connectivity index (χ1) is 8.90. The topological polar surface area (TPSA) is 80.7 Å². The molecule has 1 aliphatic rings. The zero-order valence-electron chi connectivity index (χ0n) is 9.95. The fraction of sp³-hybridized carbons (Fsp3) is 0.417. The van der Waals surface area contributed by atoms with Gasteiger partial charge in [-0.2, -0.15) is 0 Å². The Balaban J connectivity index is 2.11. The average Bonchev–Trinajstić information content (AvgIpc) is 2.77. The van der Waals surface area contributed by atoms with E-state index < -0.39 is 28.0 Å². The number of ether oxygens (including phenoxy) is 1. The van der Waals surface area contributed by atoms with Crippen LogP contribution in [-0.4, -0.2) is 37.5 Å². The van der Waals surface area contributed by atoms with Gasteiger partial charge in [0.2, 0.25) is 0 Å². The molecule has 1 aliphatic heterocycles. The molecule has 0 aromatic heterocycles. The lowest BCUT2D eigenvalue weighted by Crippen LogP contribution is -2.25. The standard InChI is InChI=1S/C12H13ClO5S/c13-9-3-1-2-4-11(9)19(16,17)7-8-5-6-10(18-8)12(14)15/h1-4,8,10H,5-7H2,(H,14,15). The van der Waals surface area contributed by atoms with Crippen molar-refractivity contribution in [3.63, 3.8) is 0 Å². The van der Waals surface area contributed by atoms with Crippen molar-refractivity contribution in [2.75, 3.05) is 5.75 Å². The predicted molar refractivity (Wildman–Crippen MR) is 69.0 cm³/mol. The molecule has 5 nitrogen and oxygen atoms in total. The molecule has 0 radical (unpaired) electrons. The molecule has 0 saturated carbocycles. The Morgan fingerprint density at radius 1 is 1.37 bits per heavy atom. The third-order valence-electron chi connectivity index (χ3n) is 2.96. The second-order valence-electron chi connectivity index (χ2n) is 4.37. The molecule has 0 aliphatic carbocycles. The summed E-state index contributed by atoms with van der Waals surface area (Å²) >= 11 is 5.86. The molecule has 0 spiro atoms. The highest BCUT2D eigenvalue weighted by molar-refractivity contribution is 7.91. The number of carboxylic acid groups (broad SMARTS) is 1. The van der Waals surface area contributed by atoms with Crippen molar-refractivity contribution in [1.82, 2.24) is 0 Å². The van der Waals surface area contributed by atoms with Crippen LogP contribution in [0.25, 0.3) is 0 Å². The molecule has 104 valence electrons. The van der Waals surface area contributed by atoms with Gasteiger partial charge in [0, 0.05) is 0 Å². The van der Waals surface area contributed by atoms with E-state index in [9.17, 15) is 13.2 Å². The van der Waals surface area contributed by atoms with Gasteiger partial charge < -0.3 is 9.84 Å². The number of benzene rings is 1. The molecule has 1 heterocycles. The van der Waals surface area contributed by atoms with Crippen LogP contribution in [-0.2, 0) is 19.4 Å². The van der Waals surface area contributed by atoms with E-state index in [0.717, 1.165) is 0 Å². The van der Waals surface area contributed by atoms with Crippen molar-refractivity contribution in [2.24, 2.45) is 0 Å². The van der Waals surface area contributed by atoms with Crippen molar-refractivity contribution in [3.8, 4) is 0 Å². The molecular weight excluding hydrogens is 292 g/mol. The van der Waals surface area contributed by atoms with Gasteiger partial charge in [-0.3, -0.25) is 0 Å². The van der Waals surface area contributed by atoms with Crippen molar-refractivity contribution >= 4 is 27.4 Å². The van der Waals surface area contributed by atoms with Crippen LogP contribution in [0, 0.1) is 0 Å². The van der Waals surface area contributed by atoms with Gasteiger partial charge in [0.15, 0.2) is 15.9 Å². The highest BCUT2D eigenvalue weighted by Gasteiger charge is 2.34. The molecule has 2 atom stereocenters. The molecule has 1 fully saturated rings. The van der Waals surface area contributed by atoms with Crippen molar-refractivity contribution < 1.29 is 23.1 Å². The third kappa shape index (κ3) is 3.26. The van der Waals surface area contributed by atoms with E-state index in [1.165, 1.54) is 12.1 Å². The Morgan fingerprint density at radius 3 is 2.63 bits per heavy atom. The molecule has 1 N–H and O–H groups in total. The molecule has 2 rings (SSSR count). The second-order valence-corrected chi connectivity index (χ2v) is 6.78. The van der Waals surface area contributed by atoms with Crippen LogP contribution < -0.4 is 0 Å². The van der Waals surface area contributed by atoms with Gasteiger partial charge in [-0.1, -0.05) is 23.7 Å². The van der Waals surface area contributed by atoms with Gasteiger partial charge >= 0.3 is 5.97 Å². The van der Waals surface area contributed by atoms with E-state index in [0.29, 0.717) is 12.8 Å². The Labute approximate surface area is 116 Å². The van der Waals surface area contributed by atoms with Crippen LogP contribution in [0.2, 0.25) is 5.02 Å². The smallest absolute Gasteiger partial charge is 0.332 e. The number of rotatable bonds is 4. The number of halogens is 1. The summed E-state index contributed by atoms with van der Waals surface area (Å²) in [6.45, 7) is 0. The summed E-state index contributed by atoms with van der Waals surface area (Å²) in [5.41, 5.74) is 0. The van der Waals surface area contributed by atoms with Crippen LogP contribution in [0.1, 0.15) is 12.8 Å². The van der Waals surface area contributed by atoms with Crippen LogP contribution in [0.5, 0.6) is 0 Å². The normalized spacial score (nSPS) is 23.4. The molecule has 0 bridgehead atoms. The van der Waals surface area contributed by atoms with Gasteiger partial charge in [-0.05, 0) is 25.0 Å². The van der Waals surface area contributed by atoms with E-state index in [-0.39, 0.29) is 15.7 Å². The van der Waals surface area contributed by atoms with E-state index in [2.05, 4.69) is 0 Å². The summed E-state index contributed by atoms with van der Waals surface area (Å²) in [4.78, 5) is 10.8. The highest BCUT2D eigenvalue weighted by Crippen LogP contribution is 2.26. The second kappa shape index (κ2) is 5.48. The number of hydrogen-bond acceptors (Lipinski definition) is 4. The molecule has 1 saturated heterocycles. The molecule has 1 aromatic carbocycles. The van der Waals surface area contributed by atoms with Gasteiger partial charge in [0.05, 0.1) is 21.8 Å². The number of carboxylic acids is 1. The first-order valence-electron chi connectivity index (χ1n) is 5.76. The molecule has 7 heteroatoms. The number of carbonyl (C=O) groups is 1. The predicted octanol–water partition coefficient (Wildman–Crippen LogP) is 1.75. The summed E-state index contributed by atoms with van der Waals surface area (Å²) in [5.74, 6) is -1.31. The zero-order valence-corrected chi connectivity index (χ0v) is 11.5. The zero-order chi connectivity index (χ0) is 14.0. The average molecular weight is 305 g/mol. The maximum Gasteiger partial charge on any atom is 0.332 e. The molecule has 0 amide bonds.